The summed E-state index contributed by atoms with van der Waals surface area (Å²) in [6.07, 6.45) is 0.660. The highest BCUT2D eigenvalue weighted by Crippen LogP contribution is 2.40. The Balaban J connectivity index is 4.36. The summed E-state index contributed by atoms with van der Waals surface area (Å²) in [4.78, 5) is 14.1. The largest absolute Gasteiger partial charge is 0.298 e. The second kappa shape index (κ2) is 5.31. The van der Waals surface area contributed by atoms with Gasteiger partial charge in [-0.05, 0) is 31.7 Å². The number of hydrogen-bond acceptors (Lipinski definition) is 2. The summed E-state index contributed by atoms with van der Waals surface area (Å²) in [6.45, 7) is 15.8. The molecule has 0 aromatic carbocycles. The number of carbonyl (C=O) groups excluding carboxylic acids is 1. The van der Waals surface area contributed by atoms with Gasteiger partial charge in [-0.3, -0.25) is 9.69 Å². The van der Waals surface area contributed by atoms with E-state index in [1.54, 1.807) is 0 Å². The summed E-state index contributed by atoms with van der Waals surface area (Å²) < 4.78 is 0. The van der Waals surface area contributed by atoms with Gasteiger partial charge in [-0.1, -0.05) is 34.6 Å². The minimum absolute atomic E-state index is 0.0574. The second-order valence-corrected chi connectivity index (χ2v) is 6.86. The van der Waals surface area contributed by atoms with E-state index in [0.717, 1.165) is 0 Å². The fourth-order valence-corrected chi connectivity index (χ4v) is 1.27. The normalized spacial score (nSPS) is 13.6. The zero-order valence-electron chi connectivity index (χ0n) is 12.3. The van der Waals surface area contributed by atoms with Crippen LogP contribution in [-0.4, -0.2) is 30.3 Å². The van der Waals surface area contributed by atoms with Gasteiger partial charge in [0.25, 0.3) is 0 Å². The van der Waals surface area contributed by atoms with Gasteiger partial charge in [-0.25, -0.2) is 0 Å². The van der Waals surface area contributed by atoms with Crippen molar-refractivity contribution >= 4 is 5.78 Å². The standard InChI is InChI=1S/C14H29NO/c1-11(2)15(8)10-12(16)9-14(6,7)13(3,4)5/h11H,9-10H2,1-8H3. The number of rotatable bonds is 5. The van der Waals surface area contributed by atoms with Gasteiger partial charge < -0.3 is 0 Å². The molecule has 0 aromatic heterocycles. The maximum Gasteiger partial charge on any atom is 0.147 e. The third-order valence-corrected chi connectivity index (χ3v) is 3.98. The summed E-state index contributed by atoms with van der Waals surface area (Å²) in [7, 11) is 2.01. The highest BCUT2D eigenvalue weighted by molar-refractivity contribution is 5.81. The number of Topliss-reactive ketones (excluding diaryl/α,β-unsaturated/α-hetero) is 1. The lowest BCUT2D eigenvalue weighted by Gasteiger charge is -2.38. The van der Waals surface area contributed by atoms with E-state index in [-0.39, 0.29) is 10.8 Å². The lowest BCUT2D eigenvalue weighted by Crippen LogP contribution is -2.37. The molecular weight excluding hydrogens is 198 g/mol. The molecule has 0 rings (SSSR count). The molecule has 2 heteroatoms. The zero-order chi connectivity index (χ0) is 13.1. The Labute approximate surface area is 101 Å². The first-order valence-electron chi connectivity index (χ1n) is 6.19. The predicted octanol–water partition coefficient (Wildman–Crippen LogP) is 3.36. The van der Waals surface area contributed by atoms with Crippen molar-refractivity contribution in [1.29, 1.82) is 0 Å². The van der Waals surface area contributed by atoms with Gasteiger partial charge in [0, 0.05) is 12.5 Å². The van der Waals surface area contributed by atoms with Gasteiger partial charge >= 0.3 is 0 Å². The number of likely N-dealkylation sites (N-methyl/N-ethyl adjacent to an activating group) is 1. The average Bonchev–Trinajstić information content (AvgIpc) is 1.99. The Hall–Kier alpha value is -0.370. The molecule has 0 heterocycles. The van der Waals surface area contributed by atoms with Crippen molar-refractivity contribution in [3.63, 3.8) is 0 Å². The van der Waals surface area contributed by atoms with E-state index in [0.29, 0.717) is 24.8 Å². The van der Waals surface area contributed by atoms with Gasteiger partial charge in [0.15, 0.2) is 0 Å². The number of carbonyl (C=O) groups is 1. The van der Waals surface area contributed by atoms with E-state index in [2.05, 4.69) is 53.4 Å². The molecule has 0 aliphatic heterocycles. The number of ketones is 1. The van der Waals surface area contributed by atoms with Crippen molar-refractivity contribution in [1.82, 2.24) is 4.90 Å². The van der Waals surface area contributed by atoms with Crippen molar-refractivity contribution in [3.05, 3.63) is 0 Å². The Morgan fingerprint density at radius 3 is 1.88 bits per heavy atom. The van der Waals surface area contributed by atoms with Crippen LogP contribution < -0.4 is 0 Å². The van der Waals surface area contributed by atoms with Crippen molar-refractivity contribution < 1.29 is 4.79 Å². The molecule has 0 saturated carbocycles. The van der Waals surface area contributed by atoms with Gasteiger partial charge in [0.05, 0.1) is 6.54 Å². The lowest BCUT2D eigenvalue weighted by atomic mass is 9.66. The van der Waals surface area contributed by atoms with Crippen LogP contribution in [0, 0.1) is 10.8 Å². The highest BCUT2D eigenvalue weighted by atomic mass is 16.1. The van der Waals surface area contributed by atoms with Crippen LogP contribution in [0.3, 0.4) is 0 Å². The van der Waals surface area contributed by atoms with E-state index >= 15 is 0 Å². The Morgan fingerprint density at radius 1 is 1.12 bits per heavy atom. The van der Waals surface area contributed by atoms with Crippen LogP contribution in [0.4, 0.5) is 0 Å². The minimum atomic E-state index is 0.0574. The predicted molar refractivity (Wildman–Crippen MR) is 70.6 cm³/mol. The third-order valence-electron chi connectivity index (χ3n) is 3.98. The van der Waals surface area contributed by atoms with Crippen molar-refractivity contribution in [2.75, 3.05) is 13.6 Å². The first kappa shape index (κ1) is 15.6. The van der Waals surface area contributed by atoms with Crippen LogP contribution in [0.15, 0.2) is 0 Å². The molecule has 0 atom stereocenters. The second-order valence-electron chi connectivity index (χ2n) is 6.86. The molecule has 0 amide bonds. The van der Waals surface area contributed by atoms with E-state index in [9.17, 15) is 4.79 Å². The molecule has 0 unspecified atom stereocenters. The molecule has 0 N–H and O–H groups in total. The summed E-state index contributed by atoms with van der Waals surface area (Å²) in [5.41, 5.74) is 0.223. The molecule has 0 saturated heterocycles. The molecule has 0 aliphatic rings. The van der Waals surface area contributed by atoms with Crippen LogP contribution in [0.1, 0.15) is 54.9 Å². The Morgan fingerprint density at radius 2 is 1.56 bits per heavy atom. The SMILES string of the molecule is CC(C)N(C)CC(=O)CC(C)(C)C(C)(C)C. The van der Waals surface area contributed by atoms with Crippen molar-refractivity contribution in [2.24, 2.45) is 10.8 Å². The Bertz CT molecular complexity index is 236. The van der Waals surface area contributed by atoms with E-state index in [1.165, 1.54) is 0 Å². The Kier molecular flexibility index (Phi) is 5.18. The van der Waals surface area contributed by atoms with Gasteiger partial charge in [-0.15, -0.1) is 0 Å². The molecule has 2 nitrogen and oxygen atoms in total. The molecule has 0 aliphatic carbocycles. The molecule has 0 spiro atoms. The quantitative estimate of drug-likeness (QED) is 0.718. The fourth-order valence-electron chi connectivity index (χ4n) is 1.27. The molecule has 0 aromatic rings. The van der Waals surface area contributed by atoms with E-state index in [4.69, 9.17) is 0 Å². The van der Waals surface area contributed by atoms with Crippen LogP contribution in [-0.2, 0) is 4.79 Å². The van der Waals surface area contributed by atoms with Gasteiger partial charge in [-0.2, -0.15) is 0 Å². The van der Waals surface area contributed by atoms with E-state index < -0.39 is 0 Å². The monoisotopic (exact) mass is 227 g/mol. The molecule has 0 radical (unpaired) electrons. The van der Waals surface area contributed by atoms with E-state index in [1.807, 2.05) is 7.05 Å². The maximum atomic E-state index is 12.0. The highest BCUT2D eigenvalue weighted by Gasteiger charge is 2.34. The molecule has 96 valence electrons. The molecule has 0 fully saturated rings. The first-order chi connectivity index (χ1) is 6.97. The molecule has 0 bridgehead atoms. The number of nitrogens with zero attached hydrogens (tertiary/aromatic N) is 1. The minimum Gasteiger partial charge on any atom is -0.298 e. The molecular formula is C14H29NO. The van der Waals surface area contributed by atoms with Crippen molar-refractivity contribution in [2.45, 2.75) is 60.9 Å². The summed E-state index contributed by atoms with van der Waals surface area (Å²) >= 11 is 0. The van der Waals surface area contributed by atoms with Crippen LogP contribution in [0.5, 0.6) is 0 Å². The van der Waals surface area contributed by atoms with Crippen LogP contribution >= 0.6 is 0 Å². The average molecular weight is 227 g/mol. The maximum absolute atomic E-state index is 12.0. The smallest absolute Gasteiger partial charge is 0.147 e. The van der Waals surface area contributed by atoms with Crippen LogP contribution in [0.25, 0.3) is 0 Å². The van der Waals surface area contributed by atoms with Gasteiger partial charge in [0.1, 0.15) is 5.78 Å². The topological polar surface area (TPSA) is 20.3 Å². The van der Waals surface area contributed by atoms with Crippen molar-refractivity contribution in [3.8, 4) is 0 Å². The summed E-state index contributed by atoms with van der Waals surface area (Å²) in [5, 5.41) is 0. The number of hydrogen-bond donors (Lipinski definition) is 0. The molecule has 16 heavy (non-hydrogen) atoms. The summed E-state index contributed by atoms with van der Waals surface area (Å²) in [5.74, 6) is 0.344. The van der Waals surface area contributed by atoms with Gasteiger partial charge in [0.2, 0.25) is 0 Å². The lowest BCUT2D eigenvalue weighted by molar-refractivity contribution is -0.123. The summed E-state index contributed by atoms with van der Waals surface area (Å²) in [6, 6.07) is 0.432. The zero-order valence-corrected chi connectivity index (χ0v) is 12.3. The third kappa shape index (κ3) is 4.65. The fraction of sp³-hybridized carbons (Fsp3) is 0.929. The van der Waals surface area contributed by atoms with Crippen LogP contribution in [0.2, 0.25) is 0 Å². The first-order valence-corrected chi connectivity index (χ1v) is 6.19.